The highest BCUT2D eigenvalue weighted by Gasteiger charge is 2.34. The summed E-state index contributed by atoms with van der Waals surface area (Å²) in [6, 6.07) is 17.1. The van der Waals surface area contributed by atoms with Crippen molar-refractivity contribution in [1.82, 2.24) is 5.32 Å². The van der Waals surface area contributed by atoms with Gasteiger partial charge in [-0.3, -0.25) is 14.4 Å². The summed E-state index contributed by atoms with van der Waals surface area (Å²) < 4.78 is 10.4. The van der Waals surface area contributed by atoms with E-state index in [0.717, 1.165) is 17.5 Å². The van der Waals surface area contributed by atoms with Crippen molar-refractivity contribution in [3.05, 3.63) is 59.7 Å². The van der Waals surface area contributed by atoms with Crippen LogP contribution in [0.5, 0.6) is 0 Å². The first-order valence-electron chi connectivity index (χ1n) is 13.0. The van der Waals surface area contributed by atoms with Gasteiger partial charge in [-0.1, -0.05) is 81.1 Å². The predicted octanol–water partition coefficient (Wildman–Crippen LogP) is 5.80. The highest BCUT2D eigenvalue weighted by atomic mass is 16.5. The number of benzene rings is 2. The first-order chi connectivity index (χ1) is 17.2. The molecule has 6 heteroatoms. The second-order valence-corrected chi connectivity index (χ2v) is 9.58. The predicted molar refractivity (Wildman–Crippen MR) is 142 cm³/mol. The lowest BCUT2D eigenvalue weighted by atomic mass is 9.91. The largest absolute Gasteiger partial charge is 0.463 e. The number of rotatable bonds is 15. The molecule has 1 N–H and O–H groups in total. The fourth-order valence-electron chi connectivity index (χ4n) is 4.22. The smallest absolute Gasteiger partial charge is 0.302 e. The summed E-state index contributed by atoms with van der Waals surface area (Å²) >= 11 is 0. The number of hydrogen-bond donors (Lipinski definition) is 1. The zero-order chi connectivity index (χ0) is 26.4. The van der Waals surface area contributed by atoms with Gasteiger partial charge in [-0.2, -0.15) is 0 Å². The normalized spacial score (nSPS) is 11.1. The molecule has 2 aromatic rings. The van der Waals surface area contributed by atoms with Gasteiger partial charge in [0, 0.05) is 20.8 Å². The van der Waals surface area contributed by atoms with Crippen molar-refractivity contribution in [2.45, 2.75) is 84.6 Å². The van der Waals surface area contributed by atoms with Gasteiger partial charge in [0.05, 0.1) is 0 Å². The van der Waals surface area contributed by atoms with Crippen molar-refractivity contribution in [3.63, 3.8) is 0 Å². The molecule has 0 aliphatic carbocycles. The molecule has 0 bridgehead atoms. The van der Waals surface area contributed by atoms with E-state index >= 15 is 0 Å². The van der Waals surface area contributed by atoms with Crippen LogP contribution in [0.4, 0.5) is 0 Å². The van der Waals surface area contributed by atoms with E-state index < -0.39 is 17.5 Å². The molecule has 0 aliphatic rings. The molecule has 0 saturated carbocycles. The van der Waals surface area contributed by atoms with Crippen molar-refractivity contribution in [2.75, 3.05) is 13.2 Å². The van der Waals surface area contributed by atoms with Crippen LogP contribution >= 0.6 is 0 Å². The fraction of sp³-hybridized carbons (Fsp3) is 0.500. The van der Waals surface area contributed by atoms with Gasteiger partial charge in [0.15, 0.2) is 0 Å². The van der Waals surface area contributed by atoms with Crippen molar-refractivity contribution in [2.24, 2.45) is 0 Å². The molecule has 36 heavy (non-hydrogen) atoms. The third-order valence-electron chi connectivity index (χ3n) is 6.25. The van der Waals surface area contributed by atoms with Crippen molar-refractivity contribution in [3.8, 4) is 11.1 Å². The highest BCUT2D eigenvalue weighted by Crippen LogP contribution is 2.23. The maximum Gasteiger partial charge on any atom is 0.302 e. The number of aryl methyl sites for hydroxylation is 2. The Labute approximate surface area is 215 Å². The van der Waals surface area contributed by atoms with Crippen LogP contribution in [0.15, 0.2) is 48.5 Å². The van der Waals surface area contributed by atoms with Gasteiger partial charge in [-0.05, 0) is 47.9 Å². The van der Waals surface area contributed by atoms with Crippen LogP contribution in [0, 0.1) is 0 Å². The molecule has 0 spiro atoms. The molecule has 0 aromatic heterocycles. The number of amides is 1. The second kappa shape index (κ2) is 15.1. The Balaban J connectivity index is 2.02. The van der Waals surface area contributed by atoms with Crippen LogP contribution in [0.25, 0.3) is 11.1 Å². The SMILES string of the molecule is CCCCCCCc1ccc(-c2ccc(CCC(COC(C)=O)(COC(C)=O)NC(C)=O)cc2)cc1. The standard InChI is InChI=1S/C30H41NO5/c1-5-6-7-8-9-10-26-11-15-28(16-12-26)29-17-13-27(14-18-29)19-20-30(31-23(2)32,21-35-24(3)33)22-36-25(4)34/h11-18H,5-10,19-22H2,1-4H3,(H,31,32). The Kier molecular flexibility index (Phi) is 12.2. The van der Waals surface area contributed by atoms with Gasteiger partial charge < -0.3 is 14.8 Å². The third kappa shape index (κ3) is 10.6. The molecule has 0 unspecified atom stereocenters. The van der Waals surface area contributed by atoms with Crippen LogP contribution in [0.2, 0.25) is 0 Å². The fourth-order valence-corrected chi connectivity index (χ4v) is 4.22. The zero-order valence-corrected chi connectivity index (χ0v) is 22.2. The number of ether oxygens (including phenoxy) is 2. The van der Waals surface area contributed by atoms with Gasteiger partial charge in [-0.15, -0.1) is 0 Å². The number of esters is 2. The van der Waals surface area contributed by atoms with Crippen molar-refractivity contribution < 1.29 is 23.9 Å². The third-order valence-corrected chi connectivity index (χ3v) is 6.25. The van der Waals surface area contributed by atoms with Crippen LogP contribution in [0.3, 0.4) is 0 Å². The molecule has 1 amide bonds. The van der Waals surface area contributed by atoms with Crippen LogP contribution in [0.1, 0.15) is 77.3 Å². The van der Waals surface area contributed by atoms with Crippen LogP contribution in [-0.2, 0) is 36.7 Å². The number of unbranched alkanes of at least 4 members (excludes halogenated alkanes) is 4. The monoisotopic (exact) mass is 495 g/mol. The van der Waals surface area contributed by atoms with Gasteiger partial charge in [0.2, 0.25) is 5.91 Å². The first kappa shape index (κ1) is 29.1. The van der Waals surface area contributed by atoms with Crippen LogP contribution < -0.4 is 5.32 Å². The average Bonchev–Trinajstić information content (AvgIpc) is 2.85. The second-order valence-electron chi connectivity index (χ2n) is 9.58. The average molecular weight is 496 g/mol. The minimum atomic E-state index is -0.992. The summed E-state index contributed by atoms with van der Waals surface area (Å²) in [5, 5.41) is 2.85. The molecule has 6 nitrogen and oxygen atoms in total. The van der Waals surface area contributed by atoms with Gasteiger partial charge in [-0.25, -0.2) is 0 Å². The molecule has 0 aliphatic heterocycles. The Hall–Kier alpha value is -3.15. The van der Waals surface area contributed by atoms with Gasteiger partial charge >= 0.3 is 11.9 Å². The number of carbonyl (C=O) groups is 3. The molecular weight excluding hydrogens is 454 g/mol. The molecule has 0 atom stereocenters. The molecular formula is C30H41NO5. The Morgan fingerprint density at radius 3 is 1.61 bits per heavy atom. The number of nitrogens with one attached hydrogen (secondary N) is 1. The van der Waals surface area contributed by atoms with E-state index in [1.165, 1.54) is 64.0 Å². The minimum absolute atomic E-state index is 0.0712. The Morgan fingerprint density at radius 2 is 1.17 bits per heavy atom. The summed E-state index contributed by atoms with van der Waals surface area (Å²) in [5.41, 5.74) is 3.77. The van der Waals surface area contributed by atoms with Crippen LogP contribution in [-0.4, -0.2) is 36.6 Å². The zero-order valence-electron chi connectivity index (χ0n) is 22.2. The molecule has 2 aromatic carbocycles. The van der Waals surface area contributed by atoms with Crippen molar-refractivity contribution >= 4 is 17.8 Å². The summed E-state index contributed by atoms with van der Waals surface area (Å²) in [6.45, 7) is 6.10. The lowest BCUT2D eigenvalue weighted by Crippen LogP contribution is -2.55. The first-order valence-corrected chi connectivity index (χ1v) is 13.0. The van der Waals surface area contributed by atoms with E-state index in [-0.39, 0.29) is 19.1 Å². The molecule has 0 saturated heterocycles. The summed E-state index contributed by atoms with van der Waals surface area (Å²) in [7, 11) is 0. The maximum absolute atomic E-state index is 11.9. The summed E-state index contributed by atoms with van der Waals surface area (Å²) in [4.78, 5) is 34.8. The van der Waals surface area contributed by atoms with E-state index in [1.807, 2.05) is 0 Å². The molecule has 0 heterocycles. The quantitative estimate of drug-likeness (QED) is 0.249. The van der Waals surface area contributed by atoms with E-state index in [1.54, 1.807) is 0 Å². The van der Waals surface area contributed by atoms with E-state index in [4.69, 9.17) is 9.47 Å². The number of carbonyl (C=O) groups excluding carboxylic acids is 3. The Morgan fingerprint density at radius 1 is 0.694 bits per heavy atom. The van der Waals surface area contributed by atoms with Gasteiger partial charge in [0.25, 0.3) is 0 Å². The molecule has 0 radical (unpaired) electrons. The molecule has 0 fully saturated rings. The topological polar surface area (TPSA) is 81.7 Å². The van der Waals surface area contributed by atoms with Crippen molar-refractivity contribution in [1.29, 1.82) is 0 Å². The minimum Gasteiger partial charge on any atom is -0.463 e. The van der Waals surface area contributed by atoms with E-state index in [2.05, 4.69) is 60.8 Å². The number of hydrogen-bond acceptors (Lipinski definition) is 5. The summed E-state index contributed by atoms with van der Waals surface area (Å²) in [5.74, 6) is -1.20. The lowest BCUT2D eigenvalue weighted by molar-refractivity contribution is -0.150. The summed E-state index contributed by atoms with van der Waals surface area (Å²) in [6.07, 6.45) is 8.62. The lowest BCUT2D eigenvalue weighted by Gasteiger charge is -2.33. The molecule has 196 valence electrons. The van der Waals surface area contributed by atoms with E-state index in [0.29, 0.717) is 12.8 Å². The maximum atomic E-state index is 11.9. The highest BCUT2D eigenvalue weighted by molar-refractivity contribution is 5.74. The van der Waals surface area contributed by atoms with E-state index in [9.17, 15) is 14.4 Å². The van der Waals surface area contributed by atoms with Gasteiger partial charge in [0.1, 0.15) is 18.8 Å². The Bertz CT molecular complexity index is 948. The molecule has 2 rings (SSSR count).